The molecule has 1 saturated carbocycles. The van der Waals surface area contributed by atoms with E-state index in [1.165, 1.54) is 38.8 Å². The molecule has 1 heterocycles. The van der Waals surface area contributed by atoms with Crippen LogP contribution in [-0.2, 0) is 4.74 Å². The van der Waals surface area contributed by atoms with Gasteiger partial charge in [0.25, 0.3) is 0 Å². The Hall–Kier alpha value is -0.0151. The van der Waals surface area contributed by atoms with E-state index in [9.17, 15) is 0 Å². The standard InChI is InChI=1S/C9H18BNO/c1-12-8-2-4-9(5-3-8)6-11(10)7-9/h8H,2-7,10H2,1H3. The summed E-state index contributed by atoms with van der Waals surface area (Å²) < 4.78 is 5.37. The van der Waals surface area contributed by atoms with E-state index in [1.54, 1.807) is 0 Å². The van der Waals surface area contributed by atoms with E-state index in [1.807, 2.05) is 7.11 Å². The molecule has 2 rings (SSSR count). The SMILES string of the molecule is BN1CC2(CCC(OC)CC2)C1. The largest absolute Gasteiger partial charge is 0.381 e. The minimum Gasteiger partial charge on any atom is -0.381 e. The fourth-order valence-electron chi connectivity index (χ4n) is 2.85. The number of rotatable bonds is 1. The highest BCUT2D eigenvalue weighted by atomic mass is 16.5. The van der Waals surface area contributed by atoms with Gasteiger partial charge in [0.1, 0.15) is 0 Å². The molecule has 2 nitrogen and oxygen atoms in total. The molecule has 0 unspecified atom stereocenters. The molecule has 68 valence electrons. The minimum absolute atomic E-state index is 0.557. The number of hydrogen-bond donors (Lipinski definition) is 0. The Kier molecular flexibility index (Phi) is 2.17. The second-order valence-electron chi connectivity index (χ2n) is 4.61. The summed E-state index contributed by atoms with van der Waals surface area (Å²) in [4.78, 5) is 2.42. The van der Waals surface area contributed by atoms with Gasteiger partial charge in [0, 0.05) is 7.11 Å². The topological polar surface area (TPSA) is 12.5 Å². The average molecular weight is 167 g/mol. The fourth-order valence-corrected chi connectivity index (χ4v) is 2.85. The average Bonchev–Trinajstić information content (AvgIpc) is 2.04. The normalized spacial score (nSPS) is 30.4. The van der Waals surface area contributed by atoms with E-state index < -0.39 is 0 Å². The molecule has 0 radical (unpaired) electrons. The molecular formula is C9H18BNO. The van der Waals surface area contributed by atoms with Crippen molar-refractivity contribution >= 4 is 7.98 Å². The van der Waals surface area contributed by atoms with Gasteiger partial charge in [0.15, 0.2) is 7.98 Å². The lowest BCUT2D eigenvalue weighted by Gasteiger charge is -2.52. The zero-order valence-corrected chi connectivity index (χ0v) is 8.18. The highest BCUT2D eigenvalue weighted by Gasteiger charge is 2.42. The van der Waals surface area contributed by atoms with Crippen LogP contribution in [0.1, 0.15) is 25.7 Å². The summed E-state index contributed by atoms with van der Waals surface area (Å²) in [6, 6.07) is 0. The molecule has 1 aliphatic carbocycles. The van der Waals surface area contributed by atoms with Gasteiger partial charge in [-0.2, -0.15) is 0 Å². The second kappa shape index (κ2) is 3.04. The van der Waals surface area contributed by atoms with Gasteiger partial charge in [-0.25, -0.2) is 0 Å². The van der Waals surface area contributed by atoms with Gasteiger partial charge >= 0.3 is 0 Å². The molecular weight excluding hydrogens is 149 g/mol. The Balaban J connectivity index is 1.83. The number of ether oxygens (including phenoxy) is 1. The second-order valence-corrected chi connectivity index (χ2v) is 4.61. The maximum atomic E-state index is 5.37. The van der Waals surface area contributed by atoms with E-state index in [-0.39, 0.29) is 0 Å². The molecule has 1 spiro atoms. The van der Waals surface area contributed by atoms with Crippen molar-refractivity contribution in [3.8, 4) is 0 Å². The zero-order valence-electron chi connectivity index (χ0n) is 8.18. The first-order valence-electron chi connectivity index (χ1n) is 4.95. The van der Waals surface area contributed by atoms with Gasteiger partial charge in [-0.05, 0) is 44.2 Å². The van der Waals surface area contributed by atoms with Gasteiger partial charge < -0.3 is 9.55 Å². The molecule has 0 aromatic rings. The van der Waals surface area contributed by atoms with Crippen LogP contribution in [0.2, 0.25) is 0 Å². The Morgan fingerprint density at radius 3 is 2.33 bits per heavy atom. The lowest BCUT2D eigenvalue weighted by molar-refractivity contribution is -0.0270. The highest BCUT2D eigenvalue weighted by Crippen LogP contribution is 2.43. The van der Waals surface area contributed by atoms with Gasteiger partial charge in [0.2, 0.25) is 0 Å². The molecule has 0 N–H and O–H groups in total. The van der Waals surface area contributed by atoms with E-state index in [2.05, 4.69) is 12.8 Å². The summed E-state index contributed by atoms with van der Waals surface area (Å²) in [7, 11) is 4.06. The van der Waals surface area contributed by atoms with Crippen molar-refractivity contribution in [3.63, 3.8) is 0 Å². The number of methoxy groups -OCH3 is 1. The molecule has 1 saturated heterocycles. The van der Waals surface area contributed by atoms with Gasteiger partial charge in [-0.1, -0.05) is 0 Å². The van der Waals surface area contributed by atoms with Crippen LogP contribution >= 0.6 is 0 Å². The third-order valence-electron chi connectivity index (χ3n) is 3.54. The van der Waals surface area contributed by atoms with Crippen LogP contribution in [0.25, 0.3) is 0 Å². The van der Waals surface area contributed by atoms with Crippen molar-refractivity contribution in [2.75, 3.05) is 20.2 Å². The molecule has 0 atom stereocenters. The molecule has 0 bridgehead atoms. The molecule has 0 amide bonds. The fraction of sp³-hybridized carbons (Fsp3) is 1.00. The Morgan fingerprint density at radius 1 is 1.33 bits per heavy atom. The summed E-state index contributed by atoms with van der Waals surface area (Å²) in [6.45, 7) is 2.65. The van der Waals surface area contributed by atoms with Crippen LogP contribution in [0, 0.1) is 5.41 Å². The van der Waals surface area contributed by atoms with Crippen LogP contribution in [0.4, 0.5) is 0 Å². The molecule has 12 heavy (non-hydrogen) atoms. The van der Waals surface area contributed by atoms with Crippen molar-refractivity contribution < 1.29 is 4.74 Å². The minimum atomic E-state index is 0.557. The maximum absolute atomic E-state index is 5.37. The van der Waals surface area contributed by atoms with Gasteiger partial charge in [-0.15, -0.1) is 0 Å². The highest BCUT2D eigenvalue weighted by molar-refractivity contribution is 6.05. The lowest BCUT2D eigenvalue weighted by Crippen LogP contribution is -2.56. The number of nitrogens with zero attached hydrogens (tertiary/aromatic N) is 1. The molecule has 1 aliphatic heterocycles. The predicted octanol–water partition coefficient (Wildman–Crippen LogP) is 0.425. The van der Waals surface area contributed by atoms with Crippen LogP contribution < -0.4 is 0 Å². The van der Waals surface area contributed by atoms with Crippen LogP contribution in [0.15, 0.2) is 0 Å². The van der Waals surface area contributed by atoms with E-state index >= 15 is 0 Å². The quantitative estimate of drug-likeness (QED) is 0.525. The third kappa shape index (κ3) is 1.40. The first kappa shape index (κ1) is 8.58. The van der Waals surface area contributed by atoms with Crippen LogP contribution in [0.5, 0.6) is 0 Å². The maximum Gasteiger partial charge on any atom is 0.185 e. The monoisotopic (exact) mass is 167 g/mol. The first-order chi connectivity index (χ1) is 5.74. The van der Waals surface area contributed by atoms with E-state index in [4.69, 9.17) is 4.74 Å². The zero-order chi connectivity index (χ0) is 8.60. The van der Waals surface area contributed by atoms with E-state index in [0.29, 0.717) is 11.5 Å². The first-order valence-corrected chi connectivity index (χ1v) is 4.95. The van der Waals surface area contributed by atoms with Crippen LogP contribution in [0.3, 0.4) is 0 Å². The van der Waals surface area contributed by atoms with Crippen molar-refractivity contribution in [2.24, 2.45) is 5.41 Å². The smallest absolute Gasteiger partial charge is 0.185 e. The Labute approximate surface area is 75.7 Å². The molecule has 0 aromatic heterocycles. The summed E-state index contributed by atoms with van der Waals surface area (Å²) in [6.07, 6.45) is 5.89. The Morgan fingerprint density at radius 2 is 1.92 bits per heavy atom. The van der Waals surface area contributed by atoms with Crippen molar-refractivity contribution in [2.45, 2.75) is 31.8 Å². The molecule has 0 aromatic carbocycles. The van der Waals surface area contributed by atoms with Crippen LogP contribution in [-0.4, -0.2) is 39.1 Å². The summed E-state index contributed by atoms with van der Waals surface area (Å²) in [5.41, 5.74) is 0.698. The third-order valence-corrected chi connectivity index (χ3v) is 3.54. The van der Waals surface area contributed by atoms with E-state index in [0.717, 1.165) is 0 Å². The van der Waals surface area contributed by atoms with Crippen molar-refractivity contribution in [1.29, 1.82) is 0 Å². The Bertz CT molecular complexity index is 158. The molecule has 2 aliphatic rings. The summed E-state index contributed by atoms with van der Waals surface area (Å²) in [5.74, 6) is 0. The molecule has 3 heteroatoms. The summed E-state index contributed by atoms with van der Waals surface area (Å²) >= 11 is 0. The number of hydrogen-bond acceptors (Lipinski definition) is 2. The predicted molar refractivity (Wildman–Crippen MR) is 51.8 cm³/mol. The van der Waals surface area contributed by atoms with Gasteiger partial charge in [-0.3, -0.25) is 0 Å². The van der Waals surface area contributed by atoms with Crippen molar-refractivity contribution in [1.82, 2.24) is 4.81 Å². The van der Waals surface area contributed by atoms with Gasteiger partial charge in [0.05, 0.1) is 6.10 Å². The lowest BCUT2D eigenvalue weighted by atomic mass is 9.67. The van der Waals surface area contributed by atoms with Crippen molar-refractivity contribution in [3.05, 3.63) is 0 Å². The molecule has 2 fully saturated rings. The summed E-state index contributed by atoms with van der Waals surface area (Å²) in [5, 5.41) is 0.